The van der Waals surface area contributed by atoms with Crippen molar-refractivity contribution in [1.82, 2.24) is 0 Å². The molecule has 2 heteroatoms. The van der Waals surface area contributed by atoms with E-state index in [1.54, 1.807) is 0 Å². The van der Waals surface area contributed by atoms with Crippen molar-refractivity contribution in [2.24, 2.45) is 11.1 Å². The van der Waals surface area contributed by atoms with Gasteiger partial charge in [0.25, 0.3) is 0 Å². The van der Waals surface area contributed by atoms with Gasteiger partial charge in [0.2, 0.25) is 0 Å². The first-order chi connectivity index (χ1) is 12.6. The van der Waals surface area contributed by atoms with Crippen LogP contribution in [0.15, 0.2) is 77.5 Å². The fourth-order valence-corrected chi connectivity index (χ4v) is 3.97. The van der Waals surface area contributed by atoms with Gasteiger partial charge in [0.05, 0.1) is 11.6 Å². The predicted molar refractivity (Wildman–Crippen MR) is 108 cm³/mol. The molecular formula is C24H23NO. The molecule has 0 radical (unpaired) electrons. The molecule has 2 atom stereocenters. The Hall–Kier alpha value is -2.87. The van der Waals surface area contributed by atoms with Crippen LogP contribution in [0.3, 0.4) is 0 Å². The van der Waals surface area contributed by atoms with Gasteiger partial charge in [0, 0.05) is 5.56 Å². The summed E-state index contributed by atoms with van der Waals surface area (Å²) in [6.45, 7) is 6.45. The summed E-state index contributed by atoms with van der Waals surface area (Å²) in [5, 5.41) is 4.46. The van der Waals surface area contributed by atoms with E-state index in [-0.39, 0.29) is 12.0 Å². The third-order valence-corrected chi connectivity index (χ3v) is 5.04. The van der Waals surface area contributed by atoms with E-state index < -0.39 is 0 Å². The quantitative estimate of drug-likeness (QED) is 0.718. The number of rotatable bonds is 3. The second kappa shape index (κ2) is 6.80. The Morgan fingerprint density at radius 1 is 1.00 bits per heavy atom. The summed E-state index contributed by atoms with van der Waals surface area (Å²) >= 11 is 0. The van der Waals surface area contributed by atoms with Crippen LogP contribution < -0.4 is 0 Å². The maximum atomic E-state index is 5.72. The molecule has 1 heterocycles. The van der Waals surface area contributed by atoms with Crippen LogP contribution in [0.4, 0.5) is 0 Å². The molecule has 2 nitrogen and oxygen atoms in total. The number of aryl methyl sites for hydroxylation is 3. The lowest BCUT2D eigenvalue weighted by atomic mass is 9.85. The molecule has 0 aromatic heterocycles. The third-order valence-electron chi connectivity index (χ3n) is 5.04. The molecule has 2 aromatic carbocycles. The maximum absolute atomic E-state index is 5.72. The lowest BCUT2D eigenvalue weighted by Gasteiger charge is -2.16. The molecule has 0 N–H and O–H groups in total. The van der Waals surface area contributed by atoms with Crippen LogP contribution in [-0.2, 0) is 4.84 Å². The van der Waals surface area contributed by atoms with Gasteiger partial charge in [0.15, 0.2) is 6.10 Å². The number of fused-ring (bicyclic) bond motifs is 1. The lowest BCUT2D eigenvalue weighted by Crippen LogP contribution is -2.21. The summed E-state index contributed by atoms with van der Waals surface area (Å²) in [6, 6.07) is 14.8. The van der Waals surface area contributed by atoms with Gasteiger partial charge in [-0.15, -0.1) is 0 Å². The highest BCUT2D eigenvalue weighted by molar-refractivity contribution is 6.07. The SMILES string of the molecule is Cc1cc(C)c(C2=NOC3C=C/C(=C\C=C\c4ccccc4)C23)c(C)c1. The van der Waals surface area contributed by atoms with Crippen molar-refractivity contribution in [1.29, 1.82) is 0 Å². The van der Waals surface area contributed by atoms with Crippen LogP contribution in [0.1, 0.15) is 27.8 Å². The molecule has 2 aromatic rings. The Morgan fingerprint density at radius 2 is 1.73 bits per heavy atom. The van der Waals surface area contributed by atoms with Gasteiger partial charge in [-0.05, 0) is 49.1 Å². The van der Waals surface area contributed by atoms with Gasteiger partial charge in [0.1, 0.15) is 0 Å². The van der Waals surface area contributed by atoms with Crippen LogP contribution in [0.2, 0.25) is 0 Å². The zero-order valence-electron chi connectivity index (χ0n) is 15.4. The smallest absolute Gasteiger partial charge is 0.158 e. The number of benzene rings is 2. The first-order valence-corrected chi connectivity index (χ1v) is 9.07. The van der Waals surface area contributed by atoms with E-state index in [2.05, 4.69) is 92.7 Å². The van der Waals surface area contributed by atoms with E-state index in [4.69, 9.17) is 4.84 Å². The Labute approximate surface area is 155 Å². The van der Waals surface area contributed by atoms with Crippen molar-refractivity contribution in [2.45, 2.75) is 26.9 Å². The van der Waals surface area contributed by atoms with Crippen molar-refractivity contribution in [3.63, 3.8) is 0 Å². The minimum absolute atomic E-state index is 0.0153. The van der Waals surface area contributed by atoms with Crippen molar-refractivity contribution in [3.8, 4) is 0 Å². The van der Waals surface area contributed by atoms with Gasteiger partial charge in [-0.2, -0.15) is 0 Å². The molecule has 0 amide bonds. The van der Waals surface area contributed by atoms with Gasteiger partial charge in [-0.3, -0.25) is 0 Å². The summed E-state index contributed by atoms with van der Waals surface area (Å²) in [5.41, 5.74) is 8.53. The predicted octanol–water partition coefficient (Wildman–Crippen LogP) is 5.54. The standard InChI is InChI=1S/C24H23NO/c1-16-14-17(2)22(18(3)15-16)24-23-20(12-13-21(23)26-25-24)11-7-10-19-8-5-4-6-9-19/h4-15,21,23H,1-3H3/b10-7+,20-11+. The minimum Gasteiger partial charge on any atom is -0.387 e. The Bertz CT molecular complexity index is 924. The topological polar surface area (TPSA) is 21.6 Å². The summed E-state index contributed by atoms with van der Waals surface area (Å²) < 4.78 is 0. The largest absolute Gasteiger partial charge is 0.387 e. The first kappa shape index (κ1) is 16.6. The van der Waals surface area contributed by atoms with Crippen molar-refractivity contribution in [3.05, 3.63) is 100 Å². The van der Waals surface area contributed by atoms with E-state index in [0.717, 1.165) is 5.71 Å². The number of oxime groups is 1. The molecule has 130 valence electrons. The Balaban J connectivity index is 1.64. The van der Waals surface area contributed by atoms with Gasteiger partial charge in [-0.1, -0.05) is 77.5 Å². The highest BCUT2D eigenvalue weighted by atomic mass is 16.6. The second-order valence-electron chi connectivity index (χ2n) is 7.09. The van der Waals surface area contributed by atoms with Gasteiger partial charge in [-0.25, -0.2) is 0 Å². The van der Waals surface area contributed by atoms with Crippen molar-refractivity contribution in [2.75, 3.05) is 0 Å². The van der Waals surface area contributed by atoms with E-state index in [9.17, 15) is 0 Å². The zero-order chi connectivity index (χ0) is 18.1. The second-order valence-corrected chi connectivity index (χ2v) is 7.09. The van der Waals surface area contributed by atoms with Crippen LogP contribution in [-0.4, -0.2) is 11.8 Å². The molecular weight excluding hydrogens is 318 g/mol. The molecule has 1 aliphatic carbocycles. The fourth-order valence-electron chi connectivity index (χ4n) is 3.97. The highest BCUT2D eigenvalue weighted by Gasteiger charge is 2.39. The molecule has 0 saturated carbocycles. The van der Waals surface area contributed by atoms with Crippen LogP contribution in [0, 0.1) is 26.7 Å². The van der Waals surface area contributed by atoms with E-state index in [0.29, 0.717) is 0 Å². The molecule has 1 aliphatic heterocycles. The Kier molecular flexibility index (Phi) is 4.34. The average Bonchev–Trinajstić information content (AvgIpc) is 3.19. The molecule has 0 fully saturated rings. The summed E-state index contributed by atoms with van der Waals surface area (Å²) in [4.78, 5) is 5.72. The normalized spacial score (nSPS) is 22.7. The summed E-state index contributed by atoms with van der Waals surface area (Å²) in [7, 11) is 0. The first-order valence-electron chi connectivity index (χ1n) is 9.07. The molecule has 0 bridgehead atoms. The molecule has 26 heavy (non-hydrogen) atoms. The van der Waals surface area contributed by atoms with E-state index in [1.807, 2.05) is 6.07 Å². The van der Waals surface area contributed by atoms with E-state index in [1.165, 1.54) is 33.4 Å². The lowest BCUT2D eigenvalue weighted by molar-refractivity contribution is 0.109. The zero-order valence-corrected chi connectivity index (χ0v) is 15.4. The summed E-state index contributed by atoms with van der Waals surface area (Å²) in [6.07, 6.45) is 10.7. The third kappa shape index (κ3) is 3.03. The van der Waals surface area contributed by atoms with Gasteiger partial charge >= 0.3 is 0 Å². The fraction of sp³-hybridized carbons (Fsp3) is 0.208. The molecule has 4 rings (SSSR count). The summed E-state index contributed by atoms with van der Waals surface area (Å²) in [5.74, 6) is 0.176. The van der Waals surface area contributed by atoms with Crippen LogP contribution in [0.25, 0.3) is 6.08 Å². The van der Waals surface area contributed by atoms with E-state index >= 15 is 0 Å². The minimum atomic E-state index is 0.0153. The average molecular weight is 341 g/mol. The number of nitrogens with zero attached hydrogens (tertiary/aromatic N) is 1. The highest BCUT2D eigenvalue weighted by Crippen LogP contribution is 2.37. The monoisotopic (exact) mass is 341 g/mol. The molecule has 0 spiro atoms. The number of hydrogen-bond acceptors (Lipinski definition) is 2. The molecule has 2 aliphatic rings. The molecule has 2 unspecified atom stereocenters. The van der Waals surface area contributed by atoms with Crippen LogP contribution >= 0.6 is 0 Å². The van der Waals surface area contributed by atoms with Crippen LogP contribution in [0.5, 0.6) is 0 Å². The number of hydrogen-bond donors (Lipinski definition) is 0. The molecule has 0 saturated heterocycles. The van der Waals surface area contributed by atoms with Gasteiger partial charge < -0.3 is 4.84 Å². The van der Waals surface area contributed by atoms with Crippen molar-refractivity contribution < 1.29 is 4.84 Å². The van der Waals surface area contributed by atoms with Crippen molar-refractivity contribution >= 4 is 11.8 Å². The maximum Gasteiger partial charge on any atom is 0.158 e. The Morgan fingerprint density at radius 3 is 2.46 bits per heavy atom. The number of allylic oxidation sites excluding steroid dienone is 3.